The van der Waals surface area contributed by atoms with Crippen molar-refractivity contribution in [1.29, 1.82) is 0 Å². The third-order valence-electron chi connectivity index (χ3n) is 2.71. The van der Waals surface area contributed by atoms with E-state index in [1.807, 2.05) is 0 Å². The van der Waals surface area contributed by atoms with Gasteiger partial charge in [-0.25, -0.2) is 0 Å². The Balaban J connectivity index is 1.68. The molecule has 0 N–H and O–H groups in total. The first-order valence-electron chi connectivity index (χ1n) is 4.63. The standard InChI is InChI=1S/C10H16/c1-2-4-9(3-1)5-6-10-7-8-10/h3,10H,1-2,4-8H2. The van der Waals surface area contributed by atoms with Crippen molar-refractivity contribution in [3.8, 4) is 0 Å². The topological polar surface area (TPSA) is 0 Å². The van der Waals surface area contributed by atoms with Gasteiger partial charge >= 0.3 is 0 Å². The molecule has 0 aromatic carbocycles. The van der Waals surface area contributed by atoms with Gasteiger partial charge in [0.15, 0.2) is 0 Å². The Morgan fingerprint density at radius 2 is 2.30 bits per heavy atom. The summed E-state index contributed by atoms with van der Waals surface area (Å²) in [7, 11) is 0. The maximum atomic E-state index is 2.46. The fourth-order valence-electron chi connectivity index (χ4n) is 1.76. The van der Waals surface area contributed by atoms with Gasteiger partial charge in [0.25, 0.3) is 0 Å². The Kier molecular flexibility index (Phi) is 1.79. The molecule has 2 aliphatic rings. The van der Waals surface area contributed by atoms with Gasteiger partial charge in [-0.2, -0.15) is 0 Å². The second kappa shape index (κ2) is 2.77. The summed E-state index contributed by atoms with van der Waals surface area (Å²) < 4.78 is 0. The number of hydrogen-bond acceptors (Lipinski definition) is 0. The third-order valence-corrected chi connectivity index (χ3v) is 2.71. The van der Waals surface area contributed by atoms with Crippen molar-refractivity contribution in [3.63, 3.8) is 0 Å². The highest BCUT2D eigenvalue weighted by atomic mass is 14.3. The molecule has 2 aliphatic carbocycles. The first-order valence-corrected chi connectivity index (χ1v) is 4.63. The van der Waals surface area contributed by atoms with Crippen LogP contribution in [0.25, 0.3) is 0 Å². The number of hydrogen-bond donors (Lipinski definition) is 0. The van der Waals surface area contributed by atoms with Crippen LogP contribution in [0, 0.1) is 5.92 Å². The van der Waals surface area contributed by atoms with Crippen LogP contribution in [0.5, 0.6) is 0 Å². The highest BCUT2D eigenvalue weighted by molar-refractivity contribution is 5.07. The summed E-state index contributed by atoms with van der Waals surface area (Å²) in [6.45, 7) is 0. The van der Waals surface area contributed by atoms with E-state index in [-0.39, 0.29) is 0 Å². The van der Waals surface area contributed by atoms with Gasteiger partial charge in [-0.15, -0.1) is 0 Å². The summed E-state index contributed by atoms with van der Waals surface area (Å²) in [5, 5.41) is 0. The smallest absolute Gasteiger partial charge is 0.0317 e. The lowest BCUT2D eigenvalue weighted by Crippen LogP contribution is -1.80. The molecule has 0 saturated heterocycles. The average molecular weight is 136 g/mol. The molecule has 0 spiro atoms. The number of rotatable bonds is 3. The summed E-state index contributed by atoms with van der Waals surface area (Å²) in [6.07, 6.45) is 12.6. The third kappa shape index (κ3) is 1.62. The zero-order chi connectivity index (χ0) is 6.81. The van der Waals surface area contributed by atoms with Crippen molar-refractivity contribution < 1.29 is 0 Å². The van der Waals surface area contributed by atoms with Gasteiger partial charge in [0.1, 0.15) is 0 Å². The van der Waals surface area contributed by atoms with Gasteiger partial charge < -0.3 is 0 Å². The van der Waals surface area contributed by atoms with Crippen molar-refractivity contribution in [2.75, 3.05) is 0 Å². The first-order chi connectivity index (χ1) is 4.95. The molecule has 0 heterocycles. The second-order valence-electron chi connectivity index (χ2n) is 3.74. The molecule has 1 fully saturated rings. The SMILES string of the molecule is C1=C(CCC2CC2)CCC1. The molecule has 0 amide bonds. The van der Waals surface area contributed by atoms with E-state index in [1.54, 1.807) is 5.57 Å². The van der Waals surface area contributed by atoms with Crippen LogP contribution in [0.15, 0.2) is 11.6 Å². The molecule has 0 heteroatoms. The van der Waals surface area contributed by atoms with Gasteiger partial charge in [0.05, 0.1) is 0 Å². The summed E-state index contributed by atoms with van der Waals surface area (Å²) in [5.41, 5.74) is 1.76. The van der Waals surface area contributed by atoms with Crippen molar-refractivity contribution >= 4 is 0 Å². The molecular weight excluding hydrogens is 120 g/mol. The van der Waals surface area contributed by atoms with Crippen LogP contribution in [0.1, 0.15) is 44.9 Å². The summed E-state index contributed by atoms with van der Waals surface area (Å²) in [6, 6.07) is 0. The lowest BCUT2D eigenvalue weighted by atomic mass is 10.1. The lowest BCUT2D eigenvalue weighted by Gasteiger charge is -1.98. The molecule has 1 saturated carbocycles. The maximum Gasteiger partial charge on any atom is -0.0317 e. The average Bonchev–Trinajstić information content (AvgIpc) is 2.63. The van der Waals surface area contributed by atoms with Crippen LogP contribution in [-0.4, -0.2) is 0 Å². The van der Waals surface area contributed by atoms with Crippen molar-refractivity contribution in [1.82, 2.24) is 0 Å². The monoisotopic (exact) mass is 136 g/mol. The van der Waals surface area contributed by atoms with Gasteiger partial charge in [0.2, 0.25) is 0 Å². The fraction of sp³-hybridized carbons (Fsp3) is 0.800. The Morgan fingerprint density at radius 1 is 1.40 bits per heavy atom. The summed E-state index contributed by atoms with van der Waals surface area (Å²) >= 11 is 0. The second-order valence-corrected chi connectivity index (χ2v) is 3.74. The minimum atomic E-state index is 1.13. The number of allylic oxidation sites excluding steroid dienone is 2. The molecule has 0 unspecified atom stereocenters. The molecule has 0 aromatic heterocycles. The predicted molar refractivity (Wildman–Crippen MR) is 43.9 cm³/mol. The molecular formula is C10H16. The van der Waals surface area contributed by atoms with E-state index in [1.165, 1.54) is 44.9 Å². The van der Waals surface area contributed by atoms with Crippen molar-refractivity contribution in [2.45, 2.75) is 44.9 Å². The maximum absolute atomic E-state index is 2.46. The highest BCUT2D eigenvalue weighted by Crippen LogP contribution is 2.36. The molecule has 10 heavy (non-hydrogen) atoms. The Labute approximate surface area is 63.3 Å². The van der Waals surface area contributed by atoms with Gasteiger partial charge in [-0.3, -0.25) is 0 Å². The van der Waals surface area contributed by atoms with Crippen LogP contribution < -0.4 is 0 Å². The molecule has 2 rings (SSSR count). The van der Waals surface area contributed by atoms with E-state index in [9.17, 15) is 0 Å². The van der Waals surface area contributed by atoms with Crippen LogP contribution in [0.2, 0.25) is 0 Å². The summed E-state index contributed by atoms with van der Waals surface area (Å²) in [4.78, 5) is 0. The quantitative estimate of drug-likeness (QED) is 0.522. The van der Waals surface area contributed by atoms with Crippen molar-refractivity contribution in [3.05, 3.63) is 11.6 Å². The van der Waals surface area contributed by atoms with E-state index in [0.717, 1.165) is 5.92 Å². The zero-order valence-electron chi connectivity index (χ0n) is 6.60. The van der Waals surface area contributed by atoms with Crippen molar-refractivity contribution in [2.24, 2.45) is 5.92 Å². The lowest BCUT2D eigenvalue weighted by molar-refractivity contribution is 0.706. The van der Waals surface area contributed by atoms with Gasteiger partial charge in [-0.1, -0.05) is 24.5 Å². The Hall–Kier alpha value is -0.260. The normalized spacial score (nSPS) is 25.0. The molecule has 0 atom stereocenters. The molecule has 0 aliphatic heterocycles. The minimum absolute atomic E-state index is 1.13. The van der Waals surface area contributed by atoms with E-state index < -0.39 is 0 Å². The van der Waals surface area contributed by atoms with Crippen LogP contribution in [0.3, 0.4) is 0 Å². The Morgan fingerprint density at radius 3 is 2.90 bits per heavy atom. The van der Waals surface area contributed by atoms with E-state index in [0.29, 0.717) is 0 Å². The zero-order valence-corrected chi connectivity index (χ0v) is 6.60. The molecule has 0 nitrogen and oxygen atoms in total. The van der Waals surface area contributed by atoms with Crippen LogP contribution in [0.4, 0.5) is 0 Å². The highest BCUT2D eigenvalue weighted by Gasteiger charge is 2.21. The van der Waals surface area contributed by atoms with E-state index >= 15 is 0 Å². The van der Waals surface area contributed by atoms with E-state index in [4.69, 9.17) is 0 Å². The minimum Gasteiger partial charge on any atom is -0.0853 e. The molecule has 0 radical (unpaired) electrons. The first kappa shape index (κ1) is 6.45. The summed E-state index contributed by atoms with van der Waals surface area (Å²) in [5.74, 6) is 1.13. The van der Waals surface area contributed by atoms with Gasteiger partial charge in [-0.05, 0) is 38.0 Å². The van der Waals surface area contributed by atoms with Gasteiger partial charge in [0, 0.05) is 0 Å². The van der Waals surface area contributed by atoms with E-state index in [2.05, 4.69) is 6.08 Å². The van der Waals surface area contributed by atoms with Crippen LogP contribution in [-0.2, 0) is 0 Å². The predicted octanol–water partition coefficient (Wildman–Crippen LogP) is 3.29. The molecule has 0 aromatic rings. The fourth-order valence-corrected chi connectivity index (χ4v) is 1.76. The largest absolute Gasteiger partial charge is 0.0853 e. The van der Waals surface area contributed by atoms with Crippen LogP contribution >= 0.6 is 0 Å². The molecule has 56 valence electrons. The molecule has 0 bridgehead atoms. The Bertz CT molecular complexity index is 140.